The summed E-state index contributed by atoms with van der Waals surface area (Å²) in [5.74, 6) is 0. The van der Waals surface area contributed by atoms with E-state index in [-0.39, 0.29) is 12.1 Å². The van der Waals surface area contributed by atoms with Crippen LogP contribution in [0.5, 0.6) is 0 Å². The largest absolute Gasteiger partial charge is 0.391 e. The number of aryl methyl sites for hydroxylation is 1. The third-order valence-corrected chi connectivity index (χ3v) is 3.80. The molecule has 0 radical (unpaired) electrons. The summed E-state index contributed by atoms with van der Waals surface area (Å²) in [6, 6.07) is 8.45. The summed E-state index contributed by atoms with van der Waals surface area (Å²) in [5, 5.41) is 12.5. The number of piperidine rings is 1. The topological polar surface area (TPSA) is 52.6 Å². The molecule has 1 aliphatic rings. The lowest BCUT2D eigenvalue weighted by atomic mass is 10.1. The zero-order valence-electron chi connectivity index (χ0n) is 12.1. The lowest BCUT2D eigenvalue weighted by molar-refractivity contribution is 0.0843. The van der Waals surface area contributed by atoms with Gasteiger partial charge >= 0.3 is 6.03 Å². The van der Waals surface area contributed by atoms with E-state index >= 15 is 0 Å². The Hall–Kier alpha value is -1.55. The molecular weight excluding hydrogens is 252 g/mol. The molecule has 20 heavy (non-hydrogen) atoms. The fourth-order valence-corrected chi connectivity index (χ4v) is 2.51. The highest BCUT2D eigenvalue weighted by Gasteiger charge is 2.21. The van der Waals surface area contributed by atoms with E-state index in [1.165, 1.54) is 11.1 Å². The summed E-state index contributed by atoms with van der Waals surface area (Å²) in [7, 11) is 0. The molecule has 4 heteroatoms. The van der Waals surface area contributed by atoms with Gasteiger partial charge in [-0.15, -0.1) is 0 Å². The van der Waals surface area contributed by atoms with Crippen molar-refractivity contribution in [3.8, 4) is 0 Å². The summed E-state index contributed by atoms with van der Waals surface area (Å²) in [5.41, 5.74) is 2.57. The van der Waals surface area contributed by atoms with Crippen LogP contribution in [0.15, 0.2) is 24.3 Å². The molecule has 1 fully saturated rings. The van der Waals surface area contributed by atoms with Gasteiger partial charge in [0.1, 0.15) is 0 Å². The number of β-amino-alcohol motifs (C(OH)–C–C–N with tert-alkyl or cyclic N) is 1. The molecule has 110 valence electrons. The van der Waals surface area contributed by atoms with Crippen LogP contribution in [0.25, 0.3) is 0 Å². The van der Waals surface area contributed by atoms with Crippen molar-refractivity contribution in [2.24, 2.45) is 0 Å². The first-order valence-corrected chi connectivity index (χ1v) is 7.47. The van der Waals surface area contributed by atoms with Gasteiger partial charge in [0.05, 0.1) is 6.10 Å². The van der Waals surface area contributed by atoms with Crippen LogP contribution in [0.2, 0.25) is 0 Å². The number of nitrogens with zero attached hydrogens (tertiary/aromatic N) is 1. The minimum absolute atomic E-state index is 0.0612. The van der Waals surface area contributed by atoms with Gasteiger partial charge < -0.3 is 15.3 Å². The van der Waals surface area contributed by atoms with Gasteiger partial charge in [-0.2, -0.15) is 0 Å². The van der Waals surface area contributed by atoms with Crippen LogP contribution in [0.1, 0.15) is 30.9 Å². The molecule has 2 amide bonds. The van der Waals surface area contributed by atoms with Crippen molar-refractivity contribution in [2.75, 3.05) is 19.6 Å². The smallest absolute Gasteiger partial charge is 0.317 e. The highest BCUT2D eigenvalue weighted by atomic mass is 16.3. The number of carbonyl (C=O) groups is 1. The van der Waals surface area contributed by atoms with E-state index < -0.39 is 0 Å². The number of benzene rings is 1. The standard InChI is InChI=1S/C16H24N2O2/c1-2-13-5-7-14(8-6-13)9-10-17-16(20)18-11-3-4-15(19)12-18/h5-8,15,19H,2-4,9-12H2,1H3,(H,17,20). The number of aliphatic hydroxyl groups is 1. The Bertz CT molecular complexity index is 431. The predicted molar refractivity (Wildman–Crippen MR) is 79.7 cm³/mol. The number of urea groups is 1. The van der Waals surface area contributed by atoms with Gasteiger partial charge in [-0.05, 0) is 36.8 Å². The maximum Gasteiger partial charge on any atom is 0.317 e. The first kappa shape index (κ1) is 14.9. The maximum absolute atomic E-state index is 11.9. The zero-order chi connectivity index (χ0) is 14.4. The fraction of sp³-hybridized carbons (Fsp3) is 0.562. The van der Waals surface area contributed by atoms with Crippen molar-refractivity contribution < 1.29 is 9.90 Å². The van der Waals surface area contributed by atoms with Crippen molar-refractivity contribution >= 4 is 6.03 Å². The Morgan fingerprint density at radius 3 is 2.70 bits per heavy atom. The minimum Gasteiger partial charge on any atom is -0.391 e. The number of hydrogen-bond donors (Lipinski definition) is 2. The van der Waals surface area contributed by atoms with Crippen molar-refractivity contribution in [2.45, 2.75) is 38.7 Å². The third kappa shape index (κ3) is 4.23. The minimum atomic E-state index is -0.365. The highest BCUT2D eigenvalue weighted by Crippen LogP contribution is 2.10. The van der Waals surface area contributed by atoms with Gasteiger partial charge in [0.2, 0.25) is 0 Å². The van der Waals surface area contributed by atoms with Crippen molar-refractivity contribution in [1.29, 1.82) is 0 Å². The Balaban J connectivity index is 1.73. The Kier molecular flexibility index (Phi) is 5.41. The van der Waals surface area contributed by atoms with Gasteiger partial charge in [0.15, 0.2) is 0 Å². The molecule has 4 nitrogen and oxygen atoms in total. The quantitative estimate of drug-likeness (QED) is 0.883. The van der Waals surface area contributed by atoms with Crippen molar-refractivity contribution in [3.63, 3.8) is 0 Å². The number of hydrogen-bond acceptors (Lipinski definition) is 2. The van der Waals surface area contributed by atoms with E-state index in [4.69, 9.17) is 0 Å². The van der Waals surface area contributed by atoms with Gasteiger partial charge in [0.25, 0.3) is 0 Å². The summed E-state index contributed by atoms with van der Waals surface area (Å²) >= 11 is 0. The van der Waals surface area contributed by atoms with Crippen LogP contribution >= 0.6 is 0 Å². The Morgan fingerprint density at radius 2 is 2.05 bits per heavy atom. The van der Waals surface area contributed by atoms with Gasteiger partial charge in [-0.1, -0.05) is 31.2 Å². The molecule has 1 aromatic rings. The molecule has 0 bridgehead atoms. The number of carbonyl (C=O) groups excluding carboxylic acids is 1. The molecule has 0 aliphatic carbocycles. The number of aliphatic hydroxyl groups excluding tert-OH is 1. The molecular formula is C16H24N2O2. The summed E-state index contributed by atoms with van der Waals surface area (Å²) in [6.07, 6.45) is 3.21. The van der Waals surface area contributed by atoms with E-state index in [2.05, 4.69) is 36.5 Å². The molecule has 1 aromatic carbocycles. The molecule has 1 heterocycles. The predicted octanol–water partition coefficient (Wildman–Crippen LogP) is 1.96. The van der Waals surface area contributed by atoms with Crippen molar-refractivity contribution in [1.82, 2.24) is 10.2 Å². The summed E-state index contributed by atoms with van der Waals surface area (Å²) in [6.45, 7) is 3.98. The molecule has 1 atom stereocenters. The SMILES string of the molecule is CCc1ccc(CCNC(=O)N2CCCC(O)C2)cc1. The molecule has 1 saturated heterocycles. The number of rotatable bonds is 4. The van der Waals surface area contributed by atoms with Gasteiger partial charge in [-0.25, -0.2) is 4.79 Å². The van der Waals surface area contributed by atoms with Crippen LogP contribution in [0.3, 0.4) is 0 Å². The molecule has 1 aliphatic heterocycles. The number of likely N-dealkylation sites (tertiary alicyclic amines) is 1. The Labute approximate surface area is 120 Å². The molecule has 0 saturated carbocycles. The van der Waals surface area contributed by atoms with Gasteiger partial charge in [0, 0.05) is 19.6 Å². The molecule has 2 rings (SSSR count). The van der Waals surface area contributed by atoms with Crippen molar-refractivity contribution in [3.05, 3.63) is 35.4 Å². The summed E-state index contributed by atoms with van der Waals surface area (Å²) in [4.78, 5) is 13.6. The maximum atomic E-state index is 11.9. The fourth-order valence-electron chi connectivity index (χ4n) is 2.51. The first-order valence-electron chi connectivity index (χ1n) is 7.47. The Morgan fingerprint density at radius 1 is 1.35 bits per heavy atom. The molecule has 0 aromatic heterocycles. The lowest BCUT2D eigenvalue weighted by Crippen LogP contribution is -2.47. The second-order valence-electron chi connectivity index (χ2n) is 5.39. The van der Waals surface area contributed by atoms with Crippen LogP contribution in [0, 0.1) is 0 Å². The van der Waals surface area contributed by atoms with Crippen LogP contribution < -0.4 is 5.32 Å². The van der Waals surface area contributed by atoms with E-state index in [0.29, 0.717) is 13.1 Å². The van der Waals surface area contributed by atoms with Crippen LogP contribution in [0.4, 0.5) is 4.79 Å². The zero-order valence-corrected chi connectivity index (χ0v) is 12.1. The van der Waals surface area contributed by atoms with E-state index in [0.717, 1.165) is 32.2 Å². The third-order valence-electron chi connectivity index (χ3n) is 3.80. The normalized spacial score (nSPS) is 18.9. The highest BCUT2D eigenvalue weighted by molar-refractivity contribution is 5.74. The molecule has 2 N–H and O–H groups in total. The van der Waals surface area contributed by atoms with E-state index in [9.17, 15) is 9.90 Å². The summed E-state index contributed by atoms with van der Waals surface area (Å²) < 4.78 is 0. The van der Waals surface area contributed by atoms with Crippen LogP contribution in [-0.4, -0.2) is 41.8 Å². The monoisotopic (exact) mass is 276 g/mol. The lowest BCUT2D eigenvalue weighted by Gasteiger charge is -2.30. The average molecular weight is 276 g/mol. The second-order valence-corrected chi connectivity index (χ2v) is 5.39. The van der Waals surface area contributed by atoms with Gasteiger partial charge in [-0.3, -0.25) is 0 Å². The molecule has 1 unspecified atom stereocenters. The van der Waals surface area contributed by atoms with Crippen LogP contribution in [-0.2, 0) is 12.8 Å². The second kappa shape index (κ2) is 7.29. The first-order chi connectivity index (χ1) is 9.69. The van der Waals surface area contributed by atoms with E-state index in [1.807, 2.05) is 0 Å². The average Bonchev–Trinajstić information content (AvgIpc) is 2.48. The number of amides is 2. The van der Waals surface area contributed by atoms with E-state index in [1.54, 1.807) is 4.90 Å². The molecule has 0 spiro atoms. The number of nitrogens with one attached hydrogen (secondary N) is 1.